The third kappa shape index (κ3) is 3.70. The molecular formula is C17H18Cl2N4O2. The predicted molar refractivity (Wildman–Crippen MR) is 97.0 cm³/mol. The molecule has 132 valence electrons. The number of alkyl halides is 2. The van der Waals surface area contributed by atoms with Crippen molar-refractivity contribution < 1.29 is 9.59 Å². The van der Waals surface area contributed by atoms with Crippen LogP contribution in [0.3, 0.4) is 0 Å². The molecule has 25 heavy (non-hydrogen) atoms. The molecule has 0 spiro atoms. The molecule has 1 aliphatic rings. The van der Waals surface area contributed by atoms with Gasteiger partial charge in [-0.2, -0.15) is 0 Å². The fourth-order valence-electron chi connectivity index (χ4n) is 2.81. The van der Waals surface area contributed by atoms with E-state index in [9.17, 15) is 9.59 Å². The number of rotatable bonds is 2. The molecule has 1 aliphatic heterocycles. The Hall–Kier alpha value is -1.92. The zero-order chi connectivity index (χ0) is 18.1. The van der Waals surface area contributed by atoms with Gasteiger partial charge in [0.2, 0.25) is 0 Å². The summed E-state index contributed by atoms with van der Waals surface area (Å²) in [7, 11) is 0. The van der Waals surface area contributed by atoms with Gasteiger partial charge in [-0.1, -0.05) is 23.2 Å². The molecule has 3 rings (SSSR count). The number of hydrogen-bond acceptors (Lipinski definition) is 4. The Morgan fingerprint density at radius 2 is 1.52 bits per heavy atom. The average molecular weight is 381 g/mol. The van der Waals surface area contributed by atoms with E-state index in [1.165, 1.54) is 0 Å². The number of hydrogen-bond donors (Lipinski definition) is 0. The molecule has 0 aliphatic carbocycles. The van der Waals surface area contributed by atoms with Gasteiger partial charge < -0.3 is 9.80 Å². The molecule has 8 heteroatoms. The monoisotopic (exact) mass is 380 g/mol. The van der Waals surface area contributed by atoms with E-state index in [-0.39, 0.29) is 11.8 Å². The van der Waals surface area contributed by atoms with E-state index in [1.807, 2.05) is 19.9 Å². The molecule has 2 amide bonds. The first kappa shape index (κ1) is 17.9. The van der Waals surface area contributed by atoms with Gasteiger partial charge in [-0.05, 0) is 32.0 Å². The number of aryl methyl sites for hydroxylation is 2. The van der Waals surface area contributed by atoms with Gasteiger partial charge in [0.25, 0.3) is 11.8 Å². The Bertz CT molecular complexity index is 833. The van der Waals surface area contributed by atoms with Crippen LogP contribution in [0.2, 0.25) is 0 Å². The number of piperazine rings is 1. The lowest BCUT2D eigenvalue weighted by molar-refractivity contribution is -0.130. The third-order valence-electron chi connectivity index (χ3n) is 4.39. The number of nitrogens with zero attached hydrogens (tertiary/aromatic N) is 4. The van der Waals surface area contributed by atoms with Crippen LogP contribution in [-0.4, -0.2) is 62.6 Å². The summed E-state index contributed by atoms with van der Waals surface area (Å²) >= 11 is 11.2. The van der Waals surface area contributed by atoms with Gasteiger partial charge in [0.15, 0.2) is 4.84 Å². The molecule has 1 aromatic heterocycles. The zero-order valence-electron chi connectivity index (χ0n) is 14.0. The molecule has 1 saturated heterocycles. The lowest BCUT2D eigenvalue weighted by Gasteiger charge is -2.35. The Morgan fingerprint density at radius 3 is 2.12 bits per heavy atom. The smallest absolute Gasteiger partial charge is 0.255 e. The zero-order valence-corrected chi connectivity index (χ0v) is 15.5. The molecule has 0 N–H and O–H groups in total. The van der Waals surface area contributed by atoms with Crippen molar-refractivity contribution in [1.82, 2.24) is 19.8 Å². The van der Waals surface area contributed by atoms with Crippen LogP contribution in [0.1, 0.15) is 21.7 Å². The summed E-state index contributed by atoms with van der Waals surface area (Å²) in [6.45, 7) is 5.54. The van der Waals surface area contributed by atoms with Gasteiger partial charge in [0.05, 0.1) is 22.4 Å². The highest BCUT2D eigenvalue weighted by Crippen LogP contribution is 2.17. The number of halogens is 2. The first-order valence-corrected chi connectivity index (χ1v) is 8.85. The van der Waals surface area contributed by atoms with Crippen molar-refractivity contribution in [3.05, 3.63) is 35.2 Å². The van der Waals surface area contributed by atoms with E-state index in [1.54, 1.807) is 21.9 Å². The maximum atomic E-state index is 12.7. The standard InChI is InChI=1S/C17H18Cl2N4O2/c1-10-11(2)21-14-9-12(3-4-13(14)20-10)16(24)22-5-7-23(8-6-22)17(25)15(18)19/h3-4,9,15H,5-8H2,1-2H3. The lowest BCUT2D eigenvalue weighted by Crippen LogP contribution is -2.51. The highest BCUT2D eigenvalue weighted by molar-refractivity contribution is 6.53. The van der Waals surface area contributed by atoms with Crippen LogP contribution in [-0.2, 0) is 4.79 Å². The predicted octanol–water partition coefficient (Wildman–Crippen LogP) is 2.33. The summed E-state index contributed by atoms with van der Waals surface area (Å²) in [5.74, 6) is -0.399. The number of fused-ring (bicyclic) bond motifs is 1. The molecule has 2 aromatic rings. The second-order valence-corrected chi connectivity index (χ2v) is 7.11. The van der Waals surface area contributed by atoms with E-state index in [0.717, 1.165) is 16.9 Å². The molecule has 2 heterocycles. The molecule has 1 aromatic carbocycles. The van der Waals surface area contributed by atoms with Crippen molar-refractivity contribution in [2.45, 2.75) is 18.7 Å². The largest absolute Gasteiger partial charge is 0.337 e. The van der Waals surface area contributed by atoms with Crippen molar-refractivity contribution in [1.29, 1.82) is 0 Å². The molecule has 0 saturated carbocycles. The maximum Gasteiger partial charge on any atom is 0.255 e. The maximum absolute atomic E-state index is 12.7. The summed E-state index contributed by atoms with van der Waals surface area (Å²) in [5.41, 5.74) is 3.77. The highest BCUT2D eigenvalue weighted by atomic mass is 35.5. The summed E-state index contributed by atoms with van der Waals surface area (Å²) in [6, 6.07) is 5.34. The van der Waals surface area contributed by atoms with Crippen LogP contribution >= 0.6 is 23.2 Å². The number of carbonyl (C=O) groups excluding carboxylic acids is 2. The highest BCUT2D eigenvalue weighted by Gasteiger charge is 2.27. The quantitative estimate of drug-likeness (QED) is 0.749. The summed E-state index contributed by atoms with van der Waals surface area (Å²) < 4.78 is 0. The van der Waals surface area contributed by atoms with E-state index < -0.39 is 4.84 Å². The number of aromatic nitrogens is 2. The summed E-state index contributed by atoms with van der Waals surface area (Å²) in [6.07, 6.45) is 0. The van der Waals surface area contributed by atoms with Crippen molar-refractivity contribution in [3.8, 4) is 0 Å². The number of carbonyl (C=O) groups is 2. The molecule has 0 atom stereocenters. The number of amides is 2. The second-order valence-electron chi connectivity index (χ2n) is 6.02. The molecule has 0 unspecified atom stereocenters. The summed E-state index contributed by atoms with van der Waals surface area (Å²) in [5, 5.41) is 0. The van der Waals surface area contributed by atoms with E-state index in [0.29, 0.717) is 37.3 Å². The average Bonchev–Trinajstić information content (AvgIpc) is 2.61. The van der Waals surface area contributed by atoms with Gasteiger partial charge in [0, 0.05) is 31.7 Å². The van der Waals surface area contributed by atoms with Crippen molar-refractivity contribution >= 4 is 46.0 Å². The molecule has 1 fully saturated rings. The molecule has 6 nitrogen and oxygen atoms in total. The fraction of sp³-hybridized carbons (Fsp3) is 0.412. The summed E-state index contributed by atoms with van der Waals surface area (Å²) in [4.78, 5) is 35.7. The molecular weight excluding hydrogens is 363 g/mol. The van der Waals surface area contributed by atoms with Crippen molar-refractivity contribution in [2.24, 2.45) is 0 Å². The third-order valence-corrected chi connectivity index (χ3v) is 4.76. The van der Waals surface area contributed by atoms with Crippen LogP contribution in [0.15, 0.2) is 18.2 Å². The second kappa shape index (κ2) is 7.14. The first-order valence-electron chi connectivity index (χ1n) is 7.98. The Kier molecular flexibility index (Phi) is 5.11. The van der Waals surface area contributed by atoms with Crippen LogP contribution in [0.4, 0.5) is 0 Å². The fourth-order valence-corrected chi connectivity index (χ4v) is 3.09. The minimum Gasteiger partial charge on any atom is -0.337 e. The lowest BCUT2D eigenvalue weighted by atomic mass is 10.1. The minimum atomic E-state index is -1.06. The minimum absolute atomic E-state index is 0.0812. The Labute approximate surface area is 155 Å². The molecule has 0 bridgehead atoms. The van der Waals surface area contributed by atoms with Crippen LogP contribution in [0.25, 0.3) is 11.0 Å². The van der Waals surface area contributed by atoms with E-state index in [4.69, 9.17) is 23.2 Å². The van der Waals surface area contributed by atoms with Crippen LogP contribution in [0, 0.1) is 13.8 Å². The topological polar surface area (TPSA) is 66.4 Å². The van der Waals surface area contributed by atoms with Gasteiger partial charge in [-0.25, -0.2) is 9.97 Å². The van der Waals surface area contributed by atoms with E-state index in [2.05, 4.69) is 9.97 Å². The van der Waals surface area contributed by atoms with Gasteiger partial charge >= 0.3 is 0 Å². The van der Waals surface area contributed by atoms with Crippen LogP contribution < -0.4 is 0 Å². The van der Waals surface area contributed by atoms with Crippen molar-refractivity contribution in [3.63, 3.8) is 0 Å². The van der Waals surface area contributed by atoms with Gasteiger partial charge in [-0.15, -0.1) is 0 Å². The first-order chi connectivity index (χ1) is 11.9. The van der Waals surface area contributed by atoms with Crippen LogP contribution in [0.5, 0.6) is 0 Å². The number of benzene rings is 1. The van der Waals surface area contributed by atoms with E-state index >= 15 is 0 Å². The molecule has 0 radical (unpaired) electrons. The van der Waals surface area contributed by atoms with Crippen molar-refractivity contribution in [2.75, 3.05) is 26.2 Å². The van der Waals surface area contributed by atoms with Gasteiger partial charge in [-0.3, -0.25) is 9.59 Å². The Balaban J connectivity index is 1.75. The van der Waals surface area contributed by atoms with Gasteiger partial charge in [0.1, 0.15) is 0 Å². The normalized spacial score (nSPS) is 15.1. The Morgan fingerprint density at radius 1 is 0.960 bits per heavy atom. The SMILES string of the molecule is Cc1nc2ccc(C(=O)N3CCN(C(=O)C(Cl)Cl)CC3)cc2nc1C.